The molecule has 18 heavy (non-hydrogen) atoms. The smallest absolute Gasteiger partial charge is 0.221 e. The van der Waals surface area contributed by atoms with E-state index in [-0.39, 0.29) is 18.0 Å². The summed E-state index contributed by atoms with van der Waals surface area (Å²) in [6.07, 6.45) is 4.24. The van der Waals surface area contributed by atoms with Gasteiger partial charge in [0.2, 0.25) is 15.9 Å². The van der Waals surface area contributed by atoms with E-state index in [0.29, 0.717) is 6.42 Å². The number of amides is 1. The molecule has 0 spiro atoms. The number of rotatable bonds is 6. The minimum Gasteiger partial charge on any atom is -0.354 e. The Morgan fingerprint density at radius 1 is 1.39 bits per heavy atom. The number of carbonyl (C=O) groups is 1. The van der Waals surface area contributed by atoms with Crippen molar-refractivity contribution in [2.24, 2.45) is 5.73 Å². The largest absolute Gasteiger partial charge is 0.354 e. The molecular weight excluding hydrogens is 254 g/mol. The van der Waals surface area contributed by atoms with Gasteiger partial charge in [-0.3, -0.25) is 4.79 Å². The van der Waals surface area contributed by atoms with Gasteiger partial charge in [0, 0.05) is 24.0 Å². The van der Waals surface area contributed by atoms with E-state index < -0.39 is 15.6 Å². The van der Waals surface area contributed by atoms with Crippen LogP contribution in [-0.2, 0) is 14.8 Å². The lowest BCUT2D eigenvalue weighted by Crippen LogP contribution is -2.54. The summed E-state index contributed by atoms with van der Waals surface area (Å²) in [7, 11) is -3.28. The zero-order valence-corrected chi connectivity index (χ0v) is 12.1. The summed E-state index contributed by atoms with van der Waals surface area (Å²) in [5.41, 5.74) is 4.92. The lowest BCUT2D eigenvalue weighted by atomic mass is 9.75. The Bertz CT molecular complexity index is 413. The van der Waals surface area contributed by atoms with Crippen LogP contribution in [0.3, 0.4) is 0 Å². The van der Waals surface area contributed by atoms with Crippen LogP contribution in [0.15, 0.2) is 0 Å². The van der Waals surface area contributed by atoms with E-state index in [9.17, 15) is 13.2 Å². The Hall–Kier alpha value is -0.660. The van der Waals surface area contributed by atoms with E-state index in [4.69, 9.17) is 5.73 Å². The van der Waals surface area contributed by atoms with Crippen LogP contribution in [0, 0.1) is 0 Å². The van der Waals surface area contributed by atoms with Crippen molar-refractivity contribution in [1.82, 2.24) is 10.0 Å². The molecule has 7 heteroatoms. The summed E-state index contributed by atoms with van der Waals surface area (Å²) >= 11 is 0. The molecule has 6 nitrogen and oxygen atoms in total. The Kier molecular flexibility index (Phi) is 4.40. The van der Waals surface area contributed by atoms with Crippen LogP contribution in [0.1, 0.15) is 39.5 Å². The van der Waals surface area contributed by atoms with Crippen LogP contribution in [0.2, 0.25) is 0 Å². The maximum Gasteiger partial charge on any atom is 0.221 e. The van der Waals surface area contributed by atoms with Crippen LogP contribution < -0.4 is 15.8 Å². The maximum absolute atomic E-state index is 11.7. The van der Waals surface area contributed by atoms with Crippen molar-refractivity contribution in [2.45, 2.75) is 50.6 Å². The summed E-state index contributed by atoms with van der Waals surface area (Å²) in [6.45, 7) is 3.68. The Morgan fingerprint density at radius 2 is 1.94 bits per heavy atom. The normalized spacial score (nSPS) is 19.1. The molecule has 0 aromatic rings. The molecule has 1 saturated carbocycles. The predicted molar refractivity (Wildman–Crippen MR) is 70.5 cm³/mol. The first-order chi connectivity index (χ1) is 8.02. The van der Waals surface area contributed by atoms with Gasteiger partial charge in [-0.25, -0.2) is 13.1 Å². The quantitative estimate of drug-likeness (QED) is 0.620. The second kappa shape index (κ2) is 5.14. The van der Waals surface area contributed by atoms with Gasteiger partial charge in [0.05, 0.1) is 6.26 Å². The molecule has 0 aromatic heterocycles. The summed E-state index contributed by atoms with van der Waals surface area (Å²) in [4.78, 5) is 11.7. The Labute approximate surface area is 109 Å². The van der Waals surface area contributed by atoms with Gasteiger partial charge in [0.15, 0.2) is 0 Å². The van der Waals surface area contributed by atoms with Gasteiger partial charge in [-0.1, -0.05) is 0 Å². The molecule has 0 saturated heterocycles. The van der Waals surface area contributed by atoms with Crippen molar-refractivity contribution in [1.29, 1.82) is 0 Å². The fourth-order valence-electron chi connectivity index (χ4n) is 2.05. The molecule has 1 aliphatic carbocycles. The van der Waals surface area contributed by atoms with Crippen molar-refractivity contribution < 1.29 is 13.2 Å². The molecule has 1 aliphatic rings. The minimum atomic E-state index is -3.28. The third-order valence-corrected chi connectivity index (χ3v) is 3.97. The molecule has 0 unspecified atom stereocenters. The van der Waals surface area contributed by atoms with E-state index in [2.05, 4.69) is 10.0 Å². The van der Waals surface area contributed by atoms with E-state index in [1.807, 2.05) is 0 Å². The van der Waals surface area contributed by atoms with Crippen molar-refractivity contribution in [2.75, 3.05) is 12.8 Å². The monoisotopic (exact) mass is 277 g/mol. The lowest BCUT2D eigenvalue weighted by Gasteiger charge is -2.37. The van der Waals surface area contributed by atoms with Crippen LogP contribution >= 0.6 is 0 Å². The molecular formula is C11H23N3O3S. The van der Waals surface area contributed by atoms with Crippen molar-refractivity contribution >= 4 is 15.9 Å². The van der Waals surface area contributed by atoms with E-state index in [1.165, 1.54) is 0 Å². The van der Waals surface area contributed by atoms with Gasteiger partial charge < -0.3 is 11.1 Å². The van der Waals surface area contributed by atoms with Gasteiger partial charge in [0.25, 0.3) is 0 Å². The molecule has 106 valence electrons. The topological polar surface area (TPSA) is 101 Å². The van der Waals surface area contributed by atoms with E-state index >= 15 is 0 Å². The fourth-order valence-corrected chi connectivity index (χ4v) is 3.12. The van der Waals surface area contributed by atoms with Crippen LogP contribution in [0.5, 0.6) is 0 Å². The van der Waals surface area contributed by atoms with Crippen molar-refractivity contribution in [3.8, 4) is 0 Å². The van der Waals surface area contributed by atoms with Gasteiger partial charge in [-0.2, -0.15) is 0 Å². The molecule has 0 aliphatic heterocycles. The molecule has 1 fully saturated rings. The second-order valence-corrected chi connectivity index (χ2v) is 7.68. The first kappa shape index (κ1) is 15.4. The molecule has 0 aromatic carbocycles. The molecule has 0 radical (unpaired) electrons. The van der Waals surface area contributed by atoms with Crippen molar-refractivity contribution in [3.63, 3.8) is 0 Å². The molecule has 0 bridgehead atoms. The highest BCUT2D eigenvalue weighted by Crippen LogP contribution is 2.31. The average molecular weight is 277 g/mol. The first-order valence-corrected chi connectivity index (χ1v) is 7.95. The maximum atomic E-state index is 11.7. The van der Waals surface area contributed by atoms with E-state index in [1.54, 1.807) is 13.8 Å². The molecule has 4 N–H and O–H groups in total. The molecule has 1 rings (SSSR count). The highest BCUT2D eigenvalue weighted by Gasteiger charge is 2.35. The van der Waals surface area contributed by atoms with Crippen LogP contribution in [-0.4, -0.2) is 38.2 Å². The minimum absolute atomic E-state index is 0.124. The Morgan fingerprint density at radius 3 is 2.33 bits per heavy atom. The summed E-state index contributed by atoms with van der Waals surface area (Å²) in [5.74, 6) is -0.124. The fraction of sp³-hybridized carbons (Fsp3) is 0.909. The van der Waals surface area contributed by atoms with Gasteiger partial charge in [-0.15, -0.1) is 0 Å². The first-order valence-electron chi connectivity index (χ1n) is 6.06. The van der Waals surface area contributed by atoms with Crippen LogP contribution in [0.25, 0.3) is 0 Å². The number of sulfonamides is 1. The molecule has 0 atom stereocenters. The lowest BCUT2D eigenvalue weighted by molar-refractivity contribution is -0.123. The number of hydrogen-bond donors (Lipinski definition) is 3. The second-order valence-electron chi connectivity index (χ2n) is 5.93. The van der Waals surface area contributed by atoms with E-state index in [0.717, 1.165) is 25.5 Å². The predicted octanol–water partition coefficient (Wildman–Crippen LogP) is -0.298. The Balaban J connectivity index is 2.37. The third kappa shape index (κ3) is 5.32. The standard InChI is InChI=1S/C11H23N3O3S/c1-10(2,14-18(3,16)17)8-13-9(15)7-11(12)5-4-6-11/h14H,4-8,12H2,1-3H3,(H,13,15). The zero-order valence-electron chi connectivity index (χ0n) is 11.2. The van der Waals surface area contributed by atoms with Gasteiger partial charge in [-0.05, 0) is 33.1 Å². The average Bonchev–Trinajstić information content (AvgIpc) is 2.08. The molecule has 1 amide bonds. The van der Waals surface area contributed by atoms with Crippen molar-refractivity contribution in [3.05, 3.63) is 0 Å². The molecule has 0 heterocycles. The summed E-state index contributed by atoms with van der Waals surface area (Å²) < 4.78 is 24.7. The summed E-state index contributed by atoms with van der Waals surface area (Å²) in [5, 5.41) is 2.72. The summed E-state index contributed by atoms with van der Waals surface area (Å²) in [6, 6.07) is 0. The third-order valence-electron chi connectivity index (χ3n) is 3.05. The number of carbonyl (C=O) groups excluding carboxylic acids is 1. The van der Waals surface area contributed by atoms with Crippen LogP contribution in [0.4, 0.5) is 0 Å². The highest BCUT2D eigenvalue weighted by atomic mass is 32.2. The highest BCUT2D eigenvalue weighted by molar-refractivity contribution is 7.88. The number of nitrogens with one attached hydrogen (secondary N) is 2. The number of nitrogens with two attached hydrogens (primary N) is 1. The van der Waals surface area contributed by atoms with Gasteiger partial charge in [0.1, 0.15) is 0 Å². The SMILES string of the molecule is CC(C)(CNC(=O)CC1(N)CCC1)NS(C)(=O)=O. The van der Waals surface area contributed by atoms with Gasteiger partial charge >= 0.3 is 0 Å². The number of hydrogen-bond acceptors (Lipinski definition) is 4. The zero-order chi connectivity index (χ0) is 14.0.